The summed E-state index contributed by atoms with van der Waals surface area (Å²) in [7, 11) is 1.80. The fourth-order valence-corrected chi connectivity index (χ4v) is 3.39. The summed E-state index contributed by atoms with van der Waals surface area (Å²) in [5.41, 5.74) is 6.32. The van der Waals surface area contributed by atoms with Crippen LogP contribution in [0.2, 0.25) is 0 Å². The van der Waals surface area contributed by atoms with Gasteiger partial charge in [0.05, 0.1) is 22.4 Å². The molecule has 0 atom stereocenters. The molecular formula is C21H21F2N5O2. The molecule has 0 spiro atoms. The largest absolute Gasteiger partial charge is 0.435 e. The van der Waals surface area contributed by atoms with Gasteiger partial charge >= 0.3 is 6.61 Å². The van der Waals surface area contributed by atoms with Crippen LogP contribution in [0.5, 0.6) is 5.75 Å². The number of hydrazone groups is 1. The number of alkyl halides is 2. The second kappa shape index (κ2) is 7.81. The van der Waals surface area contributed by atoms with Crippen LogP contribution < -0.4 is 10.2 Å². The third kappa shape index (κ3) is 4.00. The minimum Gasteiger partial charge on any atom is -0.435 e. The van der Waals surface area contributed by atoms with Crippen molar-refractivity contribution in [1.29, 1.82) is 0 Å². The molecule has 1 aliphatic rings. The summed E-state index contributed by atoms with van der Waals surface area (Å²) < 4.78 is 30.9. The Hall–Kier alpha value is -3.36. The molecule has 1 aliphatic carbocycles. The van der Waals surface area contributed by atoms with Crippen molar-refractivity contribution in [3.8, 4) is 5.75 Å². The number of aryl methyl sites for hydroxylation is 2. The third-order valence-electron chi connectivity index (χ3n) is 5.03. The molecular weight excluding hydrogens is 392 g/mol. The number of pyridine rings is 1. The molecule has 2 aromatic heterocycles. The Labute approximate surface area is 171 Å². The predicted molar refractivity (Wildman–Crippen MR) is 108 cm³/mol. The Balaban J connectivity index is 1.62. The van der Waals surface area contributed by atoms with Crippen LogP contribution in [0.25, 0.3) is 11.0 Å². The molecule has 3 aromatic rings. The van der Waals surface area contributed by atoms with Gasteiger partial charge in [-0.2, -0.15) is 19.0 Å². The van der Waals surface area contributed by atoms with Crippen molar-refractivity contribution in [2.45, 2.75) is 39.2 Å². The normalized spacial score (nSPS) is 14.4. The van der Waals surface area contributed by atoms with Gasteiger partial charge in [0.15, 0.2) is 5.65 Å². The van der Waals surface area contributed by atoms with Gasteiger partial charge < -0.3 is 4.74 Å². The number of fused-ring (bicyclic) bond motifs is 1. The molecule has 1 aromatic carbocycles. The summed E-state index contributed by atoms with van der Waals surface area (Å²) in [6, 6.07) is 7.97. The fourth-order valence-electron chi connectivity index (χ4n) is 3.39. The van der Waals surface area contributed by atoms with E-state index in [1.165, 1.54) is 12.1 Å². The molecule has 0 unspecified atom stereocenters. The lowest BCUT2D eigenvalue weighted by Gasteiger charge is -2.08. The van der Waals surface area contributed by atoms with Gasteiger partial charge in [-0.15, -0.1) is 0 Å². The molecule has 1 fully saturated rings. The van der Waals surface area contributed by atoms with Gasteiger partial charge in [-0.3, -0.25) is 9.48 Å². The summed E-state index contributed by atoms with van der Waals surface area (Å²) in [6.45, 7) is 0.602. The molecule has 9 heteroatoms. The highest BCUT2D eigenvalue weighted by atomic mass is 19.3. The number of nitrogens with zero attached hydrogens (tertiary/aromatic N) is 4. The Morgan fingerprint density at radius 2 is 2.10 bits per heavy atom. The van der Waals surface area contributed by atoms with Crippen molar-refractivity contribution in [3.05, 3.63) is 52.8 Å². The van der Waals surface area contributed by atoms with Crippen LogP contribution in [-0.2, 0) is 7.05 Å². The number of aromatic nitrogens is 3. The van der Waals surface area contributed by atoms with Crippen molar-refractivity contribution in [3.63, 3.8) is 0 Å². The lowest BCUT2D eigenvalue weighted by Crippen LogP contribution is -2.20. The first-order valence-corrected chi connectivity index (χ1v) is 9.57. The molecule has 0 radical (unpaired) electrons. The molecule has 2 heterocycles. The molecule has 0 aliphatic heterocycles. The zero-order valence-corrected chi connectivity index (χ0v) is 16.8. The van der Waals surface area contributed by atoms with Crippen molar-refractivity contribution in [2.75, 3.05) is 0 Å². The minimum absolute atomic E-state index is 0.0271. The summed E-state index contributed by atoms with van der Waals surface area (Å²) in [4.78, 5) is 17.6. The Morgan fingerprint density at radius 3 is 2.80 bits per heavy atom. The third-order valence-corrected chi connectivity index (χ3v) is 5.03. The van der Waals surface area contributed by atoms with E-state index in [-0.39, 0.29) is 11.7 Å². The fraction of sp³-hybridized carbons (Fsp3) is 0.333. The van der Waals surface area contributed by atoms with Crippen molar-refractivity contribution >= 4 is 22.7 Å². The van der Waals surface area contributed by atoms with E-state index in [0.29, 0.717) is 39.5 Å². The van der Waals surface area contributed by atoms with E-state index in [4.69, 9.17) is 0 Å². The summed E-state index contributed by atoms with van der Waals surface area (Å²) >= 11 is 0. The maximum atomic E-state index is 13.0. The minimum atomic E-state index is -2.91. The quantitative estimate of drug-likeness (QED) is 0.491. The average Bonchev–Trinajstić information content (AvgIpc) is 3.51. The van der Waals surface area contributed by atoms with Crippen LogP contribution in [0, 0.1) is 6.92 Å². The van der Waals surface area contributed by atoms with E-state index in [2.05, 4.69) is 25.3 Å². The molecule has 1 N–H and O–H groups in total. The van der Waals surface area contributed by atoms with Crippen LogP contribution in [0.3, 0.4) is 0 Å². The number of hydrogen-bond donors (Lipinski definition) is 1. The number of rotatable bonds is 6. The van der Waals surface area contributed by atoms with Gasteiger partial charge in [0.2, 0.25) is 0 Å². The molecule has 0 bridgehead atoms. The summed E-state index contributed by atoms with van der Waals surface area (Å²) in [5, 5.41) is 9.24. The topological polar surface area (TPSA) is 81.4 Å². The van der Waals surface area contributed by atoms with Crippen LogP contribution in [0.1, 0.15) is 53.0 Å². The molecule has 1 saturated carbocycles. The maximum Gasteiger partial charge on any atom is 0.387 e. The van der Waals surface area contributed by atoms with E-state index in [0.717, 1.165) is 18.5 Å². The van der Waals surface area contributed by atoms with Gasteiger partial charge in [0.25, 0.3) is 5.91 Å². The van der Waals surface area contributed by atoms with E-state index in [1.807, 2.05) is 13.0 Å². The van der Waals surface area contributed by atoms with Gasteiger partial charge in [-0.25, -0.2) is 10.4 Å². The molecule has 30 heavy (non-hydrogen) atoms. The Morgan fingerprint density at radius 1 is 1.33 bits per heavy atom. The second-order valence-corrected chi connectivity index (χ2v) is 7.32. The van der Waals surface area contributed by atoms with E-state index >= 15 is 0 Å². The first kappa shape index (κ1) is 19.9. The zero-order valence-electron chi connectivity index (χ0n) is 16.8. The zero-order chi connectivity index (χ0) is 21.4. The first-order chi connectivity index (χ1) is 14.3. The highest BCUT2D eigenvalue weighted by Gasteiger charge is 2.28. The lowest BCUT2D eigenvalue weighted by molar-refractivity contribution is -0.0498. The van der Waals surface area contributed by atoms with Crippen LogP contribution >= 0.6 is 0 Å². The van der Waals surface area contributed by atoms with Crippen molar-refractivity contribution < 1.29 is 18.3 Å². The molecule has 0 saturated heterocycles. The summed E-state index contributed by atoms with van der Waals surface area (Å²) in [6.07, 6.45) is 2.12. The number of carbonyl (C=O) groups is 1. The van der Waals surface area contributed by atoms with Gasteiger partial charge in [0, 0.05) is 24.2 Å². The number of benzene rings is 1. The maximum absolute atomic E-state index is 13.0. The Bertz CT molecular complexity index is 1150. The number of ether oxygens (including phenoxy) is 1. The smallest absolute Gasteiger partial charge is 0.387 e. The van der Waals surface area contributed by atoms with E-state index in [9.17, 15) is 13.6 Å². The van der Waals surface area contributed by atoms with Crippen LogP contribution in [0.4, 0.5) is 8.78 Å². The van der Waals surface area contributed by atoms with Gasteiger partial charge in [-0.1, -0.05) is 12.1 Å². The Kier molecular flexibility index (Phi) is 5.19. The molecule has 1 amide bonds. The van der Waals surface area contributed by atoms with Gasteiger partial charge in [0.1, 0.15) is 5.75 Å². The standard InChI is InChI=1S/C21H21F2N5O2/c1-11(14-5-4-6-15(9-14)30-21(22)23)25-26-20(29)16-10-17(13-7-8-13)24-19-18(16)12(2)27-28(19)3/h4-6,9-10,13,21H,7-8H2,1-3H3,(H,26,29)/b25-11+. The van der Waals surface area contributed by atoms with Crippen LogP contribution in [-0.4, -0.2) is 33.0 Å². The number of carbonyl (C=O) groups excluding carboxylic acids is 1. The molecule has 156 valence electrons. The lowest BCUT2D eigenvalue weighted by atomic mass is 10.1. The number of halogens is 2. The number of nitrogens with one attached hydrogen (secondary N) is 1. The second-order valence-electron chi connectivity index (χ2n) is 7.32. The average molecular weight is 413 g/mol. The monoisotopic (exact) mass is 413 g/mol. The van der Waals surface area contributed by atoms with Crippen molar-refractivity contribution in [2.24, 2.45) is 12.1 Å². The predicted octanol–water partition coefficient (Wildman–Crippen LogP) is 3.91. The first-order valence-electron chi connectivity index (χ1n) is 9.57. The summed E-state index contributed by atoms with van der Waals surface area (Å²) in [5.74, 6) is 0.0259. The highest BCUT2D eigenvalue weighted by Crippen LogP contribution is 2.40. The van der Waals surface area contributed by atoms with Crippen molar-refractivity contribution in [1.82, 2.24) is 20.2 Å². The SMILES string of the molecule is C/C(=N\NC(=O)c1cc(C2CC2)nc2c1c(C)nn2C)c1cccc(OC(F)F)c1. The van der Waals surface area contributed by atoms with Gasteiger partial charge in [-0.05, 0) is 44.9 Å². The number of hydrogen-bond acceptors (Lipinski definition) is 5. The highest BCUT2D eigenvalue weighted by molar-refractivity contribution is 6.07. The molecule has 7 nitrogen and oxygen atoms in total. The van der Waals surface area contributed by atoms with E-state index in [1.54, 1.807) is 30.8 Å². The number of amides is 1. The molecule has 4 rings (SSSR count). The van der Waals surface area contributed by atoms with Crippen LogP contribution in [0.15, 0.2) is 35.4 Å². The van der Waals surface area contributed by atoms with E-state index < -0.39 is 6.61 Å².